The topological polar surface area (TPSA) is 80.5 Å². The predicted octanol–water partition coefficient (Wildman–Crippen LogP) is 1.74. The van der Waals surface area contributed by atoms with E-state index in [1.807, 2.05) is 32.0 Å². The maximum Gasteiger partial charge on any atom is 0.254 e. The molecule has 134 valence electrons. The fourth-order valence-corrected chi connectivity index (χ4v) is 3.10. The van der Waals surface area contributed by atoms with E-state index in [9.17, 15) is 9.90 Å². The molecule has 7 heteroatoms. The predicted molar refractivity (Wildman–Crippen MR) is 92.0 cm³/mol. The van der Waals surface area contributed by atoms with Crippen LogP contribution in [0.1, 0.15) is 47.9 Å². The van der Waals surface area contributed by atoms with Crippen molar-refractivity contribution in [2.45, 2.75) is 38.5 Å². The molecule has 0 unspecified atom stereocenters. The summed E-state index contributed by atoms with van der Waals surface area (Å²) in [6.45, 7) is 5.07. The van der Waals surface area contributed by atoms with Crippen LogP contribution in [0.3, 0.4) is 0 Å². The number of β-amino-alcohol motifs (C(OH)–C–C–N with tert-alkyl or cyclic N) is 1. The Hall–Kier alpha value is -2.25. The van der Waals surface area contributed by atoms with Crippen LogP contribution in [-0.4, -0.2) is 51.1 Å². The van der Waals surface area contributed by atoms with Crippen LogP contribution in [0.4, 0.5) is 0 Å². The molecule has 3 rings (SSSR count). The van der Waals surface area contributed by atoms with Gasteiger partial charge in [0, 0.05) is 31.7 Å². The third-order valence-corrected chi connectivity index (χ3v) is 4.60. The van der Waals surface area contributed by atoms with Gasteiger partial charge in [0.05, 0.1) is 19.3 Å². The summed E-state index contributed by atoms with van der Waals surface area (Å²) in [5, 5.41) is 19.1. The largest absolute Gasteiger partial charge is 0.381 e. The Kier molecular flexibility index (Phi) is 4.87. The molecule has 1 fully saturated rings. The minimum atomic E-state index is -1.15. The molecule has 0 spiro atoms. The van der Waals surface area contributed by atoms with Gasteiger partial charge in [-0.15, -0.1) is 5.10 Å². The smallest absolute Gasteiger partial charge is 0.254 e. The van der Waals surface area contributed by atoms with Crippen LogP contribution >= 0.6 is 0 Å². The molecule has 25 heavy (non-hydrogen) atoms. The van der Waals surface area contributed by atoms with Crippen molar-refractivity contribution in [3.05, 3.63) is 47.3 Å². The van der Waals surface area contributed by atoms with Gasteiger partial charge < -0.3 is 14.7 Å². The van der Waals surface area contributed by atoms with E-state index in [0.717, 1.165) is 5.56 Å². The highest BCUT2D eigenvalue weighted by atomic mass is 16.5. The molecule has 2 heterocycles. The zero-order valence-corrected chi connectivity index (χ0v) is 14.8. The lowest BCUT2D eigenvalue weighted by atomic mass is 10.00. The number of carbonyl (C=O) groups is 1. The number of rotatable bonds is 5. The minimum Gasteiger partial charge on any atom is -0.381 e. The Morgan fingerprint density at radius 1 is 1.40 bits per heavy atom. The van der Waals surface area contributed by atoms with Crippen LogP contribution in [0.25, 0.3) is 0 Å². The molecule has 1 aliphatic heterocycles. The first-order valence-corrected chi connectivity index (χ1v) is 8.45. The molecule has 1 saturated heterocycles. The van der Waals surface area contributed by atoms with E-state index < -0.39 is 5.60 Å². The van der Waals surface area contributed by atoms with Gasteiger partial charge in [0.25, 0.3) is 5.91 Å². The number of amides is 1. The lowest BCUT2D eigenvalue weighted by Gasteiger charge is -2.22. The van der Waals surface area contributed by atoms with E-state index in [0.29, 0.717) is 30.8 Å². The van der Waals surface area contributed by atoms with Crippen LogP contribution in [0.15, 0.2) is 30.5 Å². The first-order valence-electron chi connectivity index (χ1n) is 8.45. The van der Waals surface area contributed by atoms with Gasteiger partial charge >= 0.3 is 0 Å². The van der Waals surface area contributed by atoms with E-state index >= 15 is 0 Å². The number of hydrogen-bond acceptors (Lipinski definition) is 5. The first kappa shape index (κ1) is 17.6. The molecular weight excluding hydrogens is 320 g/mol. The molecule has 0 bridgehead atoms. The van der Waals surface area contributed by atoms with Crippen molar-refractivity contribution in [1.29, 1.82) is 0 Å². The zero-order chi connectivity index (χ0) is 18.0. The zero-order valence-electron chi connectivity index (χ0n) is 14.8. The van der Waals surface area contributed by atoms with Gasteiger partial charge in [0.15, 0.2) is 0 Å². The number of aromatic nitrogens is 3. The van der Waals surface area contributed by atoms with Gasteiger partial charge in [-0.05, 0) is 25.5 Å². The van der Waals surface area contributed by atoms with Gasteiger partial charge in [-0.3, -0.25) is 4.79 Å². The summed E-state index contributed by atoms with van der Waals surface area (Å²) in [4.78, 5) is 14.6. The number of methoxy groups -OCH3 is 1. The molecule has 2 aromatic rings. The van der Waals surface area contributed by atoms with E-state index in [2.05, 4.69) is 10.3 Å². The molecule has 1 atom stereocenters. The SMILES string of the molecule is COCc1ccccc1C(=O)N1CC[C@@](O)(c2cn(C(C)C)nn2)C1. The second-order valence-corrected chi connectivity index (χ2v) is 6.78. The van der Waals surface area contributed by atoms with Gasteiger partial charge in [0.1, 0.15) is 11.3 Å². The van der Waals surface area contributed by atoms with Crippen molar-refractivity contribution in [1.82, 2.24) is 19.9 Å². The van der Waals surface area contributed by atoms with Crippen molar-refractivity contribution in [2.24, 2.45) is 0 Å². The monoisotopic (exact) mass is 344 g/mol. The fourth-order valence-electron chi connectivity index (χ4n) is 3.10. The van der Waals surface area contributed by atoms with Crippen LogP contribution in [-0.2, 0) is 16.9 Å². The Morgan fingerprint density at radius 3 is 2.84 bits per heavy atom. The molecule has 7 nitrogen and oxygen atoms in total. The Bertz CT molecular complexity index is 758. The summed E-state index contributed by atoms with van der Waals surface area (Å²) in [6.07, 6.45) is 2.21. The third kappa shape index (κ3) is 3.43. The van der Waals surface area contributed by atoms with Crippen LogP contribution < -0.4 is 0 Å². The average molecular weight is 344 g/mol. The molecule has 1 aromatic carbocycles. The van der Waals surface area contributed by atoms with Crippen molar-refractivity contribution in [3.63, 3.8) is 0 Å². The summed E-state index contributed by atoms with van der Waals surface area (Å²) >= 11 is 0. The number of aliphatic hydroxyl groups is 1. The molecular formula is C18H24N4O3. The van der Waals surface area contributed by atoms with Crippen molar-refractivity contribution in [2.75, 3.05) is 20.2 Å². The molecule has 0 saturated carbocycles. The van der Waals surface area contributed by atoms with Crippen LogP contribution in [0.2, 0.25) is 0 Å². The molecule has 0 radical (unpaired) electrons. The van der Waals surface area contributed by atoms with E-state index in [1.165, 1.54) is 0 Å². The highest BCUT2D eigenvalue weighted by Crippen LogP contribution is 2.32. The second kappa shape index (κ2) is 6.93. The number of ether oxygens (including phenoxy) is 1. The Labute approximate surface area is 147 Å². The number of carbonyl (C=O) groups excluding carboxylic acids is 1. The molecule has 0 aliphatic carbocycles. The lowest BCUT2D eigenvalue weighted by molar-refractivity contribution is 0.0380. The number of likely N-dealkylation sites (tertiary alicyclic amines) is 1. The maximum absolute atomic E-state index is 12.9. The van der Waals surface area contributed by atoms with Gasteiger partial charge in [-0.25, -0.2) is 4.68 Å². The standard InChI is InChI=1S/C18H24N4O3/c1-13(2)22-10-16(19-20-22)18(24)8-9-21(12-18)17(23)15-7-5-4-6-14(15)11-25-3/h4-7,10,13,24H,8-9,11-12H2,1-3H3/t18-/m0/s1. The minimum absolute atomic E-state index is 0.0974. The second-order valence-electron chi connectivity index (χ2n) is 6.78. The summed E-state index contributed by atoms with van der Waals surface area (Å²) in [6, 6.07) is 7.57. The molecule has 1 aliphatic rings. The highest BCUT2D eigenvalue weighted by molar-refractivity contribution is 5.96. The summed E-state index contributed by atoms with van der Waals surface area (Å²) < 4.78 is 6.89. The quantitative estimate of drug-likeness (QED) is 0.894. The van der Waals surface area contributed by atoms with E-state index in [1.54, 1.807) is 29.0 Å². The van der Waals surface area contributed by atoms with Crippen molar-refractivity contribution in [3.8, 4) is 0 Å². The van der Waals surface area contributed by atoms with Crippen LogP contribution in [0, 0.1) is 0 Å². The summed E-state index contributed by atoms with van der Waals surface area (Å²) in [7, 11) is 1.61. The van der Waals surface area contributed by atoms with Crippen molar-refractivity contribution >= 4 is 5.91 Å². The Morgan fingerprint density at radius 2 is 2.16 bits per heavy atom. The van der Waals surface area contributed by atoms with E-state index in [4.69, 9.17) is 4.74 Å². The average Bonchev–Trinajstić information content (AvgIpc) is 3.23. The number of benzene rings is 1. The highest BCUT2D eigenvalue weighted by Gasteiger charge is 2.42. The number of nitrogens with zero attached hydrogens (tertiary/aromatic N) is 4. The molecule has 1 amide bonds. The van der Waals surface area contributed by atoms with Crippen molar-refractivity contribution < 1.29 is 14.6 Å². The first-order chi connectivity index (χ1) is 11.9. The van der Waals surface area contributed by atoms with E-state index in [-0.39, 0.29) is 18.5 Å². The van der Waals surface area contributed by atoms with Gasteiger partial charge in [0.2, 0.25) is 0 Å². The van der Waals surface area contributed by atoms with Gasteiger partial charge in [-0.2, -0.15) is 0 Å². The molecule has 1 aromatic heterocycles. The summed E-state index contributed by atoms with van der Waals surface area (Å²) in [5.74, 6) is -0.0974. The maximum atomic E-state index is 12.9. The number of hydrogen-bond donors (Lipinski definition) is 1. The lowest BCUT2D eigenvalue weighted by Crippen LogP contribution is -2.35. The van der Waals surface area contributed by atoms with Gasteiger partial charge in [-0.1, -0.05) is 23.4 Å². The Balaban J connectivity index is 1.79. The molecule has 1 N–H and O–H groups in total. The fraction of sp³-hybridized carbons (Fsp3) is 0.500. The summed E-state index contributed by atoms with van der Waals surface area (Å²) in [5.41, 5.74) is 0.816. The van der Waals surface area contributed by atoms with Crippen LogP contribution in [0.5, 0.6) is 0 Å². The normalized spacial score (nSPS) is 20.4. The third-order valence-electron chi connectivity index (χ3n) is 4.60.